The molecular formula is C68H42N2. The highest BCUT2D eigenvalue weighted by Crippen LogP contribution is 2.66. The molecule has 3 aliphatic carbocycles. The first kappa shape index (κ1) is 38.0. The van der Waals surface area contributed by atoms with E-state index < -0.39 is 10.8 Å². The Morgan fingerprint density at radius 3 is 1.51 bits per heavy atom. The summed E-state index contributed by atoms with van der Waals surface area (Å²) < 4.78 is 2.54. The van der Waals surface area contributed by atoms with Crippen LogP contribution in [-0.2, 0) is 10.8 Å². The molecule has 0 bridgehead atoms. The van der Waals surface area contributed by atoms with Gasteiger partial charge < -0.3 is 9.47 Å². The molecule has 1 atom stereocenters. The minimum absolute atomic E-state index is 0.480. The molecule has 0 saturated carbocycles. The summed E-state index contributed by atoms with van der Waals surface area (Å²) in [5.41, 5.74) is 26.7. The smallest absolute Gasteiger partial charge is 0.0755 e. The van der Waals surface area contributed by atoms with Crippen LogP contribution in [0.3, 0.4) is 0 Å². The molecular weight excluding hydrogens is 845 g/mol. The maximum Gasteiger partial charge on any atom is 0.0755 e. The van der Waals surface area contributed by atoms with Crippen molar-refractivity contribution in [2.24, 2.45) is 0 Å². The van der Waals surface area contributed by atoms with E-state index in [1.54, 1.807) is 0 Å². The van der Waals surface area contributed by atoms with Crippen molar-refractivity contribution < 1.29 is 0 Å². The van der Waals surface area contributed by atoms with E-state index in [9.17, 15) is 0 Å². The fourth-order valence-corrected chi connectivity index (χ4v) is 13.9. The zero-order valence-electron chi connectivity index (χ0n) is 38.1. The van der Waals surface area contributed by atoms with Crippen molar-refractivity contribution in [3.05, 3.63) is 299 Å². The van der Waals surface area contributed by atoms with Gasteiger partial charge in [0.05, 0.1) is 38.9 Å². The second-order valence-corrected chi connectivity index (χ2v) is 19.4. The van der Waals surface area contributed by atoms with Crippen LogP contribution >= 0.6 is 0 Å². The van der Waals surface area contributed by atoms with Crippen molar-refractivity contribution >= 4 is 38.9 Å². The molecule has 70 heavy (non-hydrogen) atoms. The first-order valence-corrected chi connectivity index (χ1v) is 24.5. The lowest BCUT2D eigenvalue weighted by Gasteiger charge is -2.40. The SMILES string of the molecule is c1ccc(-c2ccccc2N(c2ccc3c(c2)C2(c4ccccc4-3)c3ccccc3-n3c4ccccc4c4cccc2c43)c2cccc3c2-c2ccccc2C32c3ccccc3-c3ccccc32)cc1. The molecule has 2 nitrogen and oxygen atoms in total. The Labute approximate surface area is 406 Å². The van der Waals surface area contributed by atoms with Gasteiger partial charge in [0, 0.05) is 27.6 Å². The van der Waals surface area contributed by atoms with E-state index in [1.807, 2.05) is 0 Å². The fourth-order valence-electron chi connectivity index (χ4n) is 13.9. The van der Waals surface area contributed by atoms with Crippen molar-refractivity contribution in [2.45, 2.75) is 10.8 Å². The monoisotopic (exact) mass is 886 g/mol. The van der Waals surface area contributed by atoms with Gasteiger partial charge in [0.15, 0.2) is 0 Å². The number of benzene rings is 11. The molecule has 1 aliphatic heterocycles. The molecule has 0 amide bonds. The second-order valence-electron chi connectivity index (χ2n) is 19.4. The van der Waals surface area contributed by atoms with Crippen LogP contribution < -0.4 is 4.90 Å². The molecule has 2 spiro atoms. The highest BCUT2D eigenvalue weighted by Gasteiger charge is 2.54. The Balaban J connectivity index is 1.03. The van der Waals surface area contributed by atoms with Gasteiger partial charge in [-0.25, -0.2) is 0 Å². The second kappa shape index (κ2) is 13.8. The summed E-state index contributed by atoms with van der Waals surface area (Å²) in [6, 6.07) is 96.1. The van der Waals surface area contributed by atoms with E-state index in [0.717, 1.165) is 17.1 Å². The molecule has 11 aromatic carbocycles. The highest BCUT2D eigenvalue weighted by molar-refractivity contribution is 6.13. The molecule has 2 heterocycles. The lowest BCUT2D eigenvalue weighted by Crippen LogP contribution is -2.33. The van der Waals surface area contributed by atoms with Crippen LogP contribution in [0.2, 0.25) is 0 Å². The molecule has 4 aliphatic rings. The van der Waals surface area contributed by atoms with E-state index in [0.29, 0.717) is 0 Å². The van der Waals surface area contributed by atoms with Crippen LogP contribution in [0.1, 0.15) is 44.5 Å². The Bertz CT molecular complexity index is 4170. The predicted octanol–water partition coefficient (Wildman–Crippen LogP) is 16.9. The largest absolute Gasteiger partial charge is 0.309 e. The molecule has 1 aromatic heterocycles. The van der Waals surface area contributed by atoms with Gasteiger partial charge in [0.1, 0.15) is 0 Å². The maximum absolute atomic E-state index is 2.59. The standard InChI is InChI=1S/C68H42N2/c1-2-20-43(21-3-1)45-22-8-15-36-61(45)69(64-39-19-34-58-65(64)52-27-7-13-32-56(52)67(58)53-29-10-4-23-46(53)47-24-5-11-30-54(47)67)44-40-41-49-48-25-6-12-31-55(48)68(60(49)42-44)57-33-14-17-38-63(57)70-62-37-16-9-26-50(62)51-28-18-35-59(68)66(51)70/h1-42H. The first-order valence-electron chi connectivity index (χ1n) is 24.5. The third-order valence-corrected chi connectivity index (χ3v) is 16.4. The number of hydrogen-bond donors (Lipinski definition) is 0. The van der Waals surface area contributed by atoms with Gasteiger partial charge in [0.25, 0.3) is 0 Å². The predicted molar refractivity (Wildman–Crippen MR) is 288 cm³/mol. The molecule has 0 fully saturated rings. The first-order chi connectivity index (χ1) is 34.8. The third-order valence-electron chi connectivity index (χ3n) is 16.4. The summed E-state index contributed by atoms with van der Waals surface area (Å²) in [4.78, 5) is 2.59. The Morgan fingerprint density at radius 1 is 0.300 bits per heavy atom. The zero-order valence-corrected chi connectivity index (χ0v) is 38.1. The lowest BCUT2D eigenvalue weighted by atomic mass is 9.65. The molecule has 2 heteroatoms. The number of fused-ring (bicyclic) bond motifs is 22. The minimum atomic E-state index is -0.598. The zero-order chi connectivity index (χ0) is 45.7. The van der Waals surface area contributed by atoms with E-state index >= 15 is 0 Å². The van der Waals surface area contributed by atoms with Gasteiger partial charge in [-0.2, -0.15) is 0 Å². The maximum atomic E-state index is 2.59. The van der Waals surface area contributed by atoms with Crippen molar-refractivity contribution in [2.75, 3.05) is 4.90 Å². The summed E-state index contributed by atoms with van der Waals surface area (Å²) in [7, 11) is 0. The Hall–Kier alpha value is -8.98. The molecule has 0 saturated heterocycles. The van der Waals surface area contributed by atoms with Gasteiger partial charge in [0.2, 0.25) is 0 Å². The fraction of sp³-hybridized carbons (Fsp3) is 0.0294. The highest BCUT2D eigenvalue weighted by atomic mass is 15.1. The van der Waals surface area contributed by atoms with Crippen LogP contribution in [0.4, 0.5) is 17.1 Å². The number of anilines is 3. The van der Waals surface area contributed by atoms with Crippen LogP contribution in [-0.4, -0.2) is 4.57 Å². The van der Waals surface area contributed by atoms with Crippen molar-refractivity contribution in [3.63, 3.8) is 0 Å². The number of rotatable bonds is 4. The van der Waals surface area contributed by atoms with Crippen LogP contribution in [0.15, 0.2) is 255 Å². The van der Waals surface area contributed by atoms with Crippen molar-refractivity contribution in [1.29, 1.82) is 0 Å². The van der Waals surface area contributed by atoms with E-state index in [2.05, 4.69) is 264 Å². The molecule has 16 rings (SSSR count). The van der Waals surface area contributed by atoms with E-state index in [-0.39, 0.29) is 0 Å². The number of aromatic nitrogens is 1. The Morgan fingerprint density at radius 2 is 0.786 bits per heavy atom. The van der Waals surface area contributed by atoms with Crippen LogP contribution in [0, 0.1) is 0 Å². The van der Waals surface area contributed by atoms with Gasteiger partial charge >= 0.3 is 0 Å². The van der Waals surface area contributed by atoms with E-state index in [4.69, 9.17) is 0 Å². The topological polar surface area (TPSA) is 8.17 Å². The normalized spacial score (nSPS) is 15.6. The molecule has 1 unspecified atom stereocenters. The summed E-state index contributed by atoms with van der Waals surface area (Å²) in [5, 5.41) is 2.56. The van der Waals surface area contributed by atoms with Crippen LogP contribution in [0.5, 0.6) is 0 Å². The van der Waals surface area contributed by atoms with Crippen molar-refractivity contribution in [3.8, 4) is 50.2 Å². The number of para-hydroxylation sites is 4. The average Bonchev–Trinajstić information content (AvgIpc) is 4.13. The Kier molecular flexibility index (Phi) is 7.51. The van der Waals surface area contributed by atoms with Crippen LogP contribution in [0.25, 0.3) is 72.0 Å². The van der Waals surface area contributed by atoms with Gasteiger partial charge in [-0.3, -0.25) is 0 Å². The minimum Gasteiger partial charge on any atom is -0.309 e. The van der Waals surface area contributed by atoms with E-state index in [1.165, 1.54) is 117 Å². The summed E-state index contributed by atoms with van der Waals surface area (Å²) in [6.07, 6.45) is 0. The van der Waals surface area contributed by atoms with Crippen molar-refractivity contribution in [1.82, 2.24) is 4.57 Å². The molecule has 0 radical (unpaired) electrons. The summed E-state index contributed by atoms with van der Waals surface area (Å²) in [5.74, 6) is 0. The number of hydrogen-bond acceptors (Lipinski definition) is 1. The third kappa shape index (κ3) is 4.55. The average molecular weight is 887 g/mol. The summed E-state index contributed by atoms with van der Waals surface area (Å²) >= 11 is 0. The molecule has 12 aromatic rings. The van der Waals surface area contributed by atoms with Gasteiger partial charge in [-0.1, -0.05) is 218 Å². The van der Waals surface area contributed by atoms with Gasteiger partial charge in [-0.05, 0) is 114 Å². The summed E-state index contributed by atoms with van der Waals surface area (Å²) in [6.45, 7) is 0. The van der Waals surface area contributed by atoms with Gasteiger partial charge in [-0.15, -0.1) is 0 Å². The lowest BCUT2D eigenvalue weighted by molar-refractivity contribution is 0.748. The molecule has 324 valence electrons. The number of nitrogens with zero attached hydrogens (tertiary/aromatic N) is 2. The quantitative estimate of drug-likeness (QED) is 0.171. The molecule has 0 N–H and O–H groups in total.